The lowest BCUT2D eigenvalue weighted by Gasteiger charge is -2.43. The predicted octanol–water partition coefficient (Wildman–Crippen LogP) is 2.65. The van der Waals surface area contributed by atoms with Crippen LogP contribution in [0.25, 0.3) is 0 Å². The van der Waals surface area contributed by atoms with E-state index in [1.165, 1.54) is 0 Å². The minimum atomic E-state index is -0.744. The van der Waals surface area contributed by atoms with E-state index < -0.39 is 22.0 Å². The average molecular weight is 330 g/mol. The quantitative estimate of drug-likeness (QED) is 0.530. The van der Waals surface area contributed by atoms with E-state index >= 15 is 0 Å². The largest absolute Gasteiger partial charge is 0.390 e. The highest BCUT2D eigenvalue weighted by molar-refractivity contribution is 6.51. The van der Waals surface area contributed by atoms with Crippen molar-refractivity contribution in [3.63, 3.8) is 0 Å². The predicted molar refractivity (Wildman–Crippen MR) is 71.1 cm³/mol. The lowest BCUT2D eigenvalue weighted by molar-refractivity contribution is -0.0559. The lowest BCUT2D eigenvalue weighted by Crippen LogP contribution is -2.50. The van der Waals surface area contributed by atoms with Crippen LogP contribution in [0.1, 0.15) is 12.8 Å². The summed E-state index contributed by atoms with van der Waals surface area (Å²) < 4.78 is 0. The zero-order valence-electron chi connectivity index (χ0n) is 9.28. The second-order valence-electron chi connectivity index (χ2n) is 6.13. The third-order valence-electron chi connectivity index (χ3n) is 5.57. The van der Waals surface area contributed by atoms with Crippen molar-refractivity contribution < 1.29 is 10.2 Å². The van der Waals surface area contributed by atoms with Gasteiger partial charge in [0.15, 0.2) is 0 Å². The van der Waals surface area contributed by atoms with Crippen LogP contribution in [-0.2, 0) is 0 Å². The normalized spacial score (nSPS) is 65.0. The van der Waals surface area contributed by atoms with Gasteiger partial charge in [-0.2, -0.15) is 0 Å². The SMILES string of the molecule is O[C@@H]1[C@H](O)[C@@H]2C[C@@H]1[C@@H]1[C@H]2[C@]2(Cl)C[C@]1(Cl)C(Cl)=C2Cl. The second kappa shape index (κ2) is 3.35. The second-order valence-corrected chi connectivity index (χ2v) is 8.23. The van der Waals surface area contributed by atoms with Gasteiger partial charge in [0, 0.05) is 0 Å². The summed E-state index contributed by atoms with van der Waals surface area (Å²) in [6.45, 7) is 0. The fourth-order valence-corrected chi connectivity index (χ4v) is 7.11. The van der Waals surface area contributed by atoms with Crippen LogP contribution in [0, 0.1) is 23.7 Å². The van der Waals surface area contributed by atoms with E-state index in [4.69, 9.17) is 46.4 Å². The zero-order chi connectivity index (χ0) is 13.0. The third kappa shape index (κ3) is 1.07. The molecule has 100 valence electrons. The Bertz CT molecular complexity index is 441. The molecule has 0 radical (unpaired) electrons. The average Bonchev–Trinajstić information content (AvgIpc) is 2.95. The molecule has 2 N–H and O–H groups in total. The van der Waals surface area contributed by atoms with Crippen molar-refractivity contribution in [2.24, 2.45) is 23.7 Å². The van der Waals surface area contributed by atoms with Crippen LogP contribution in [0.2, 0.25) is 0 Å². The van der Waals surface area contributed by atoms with E-state index in [9.17, 15) is 10.2 Å². The van der Waals surface area contributed by atoms with Gasteiger partial charge < -0.3 is 10.2 Å². The first-order valence-electron chi connectivity index (χ1n) is 6.12. The van der Waals surface area contributed by atoms with Gasteiger partial charge in [0.25, 0.3) is 0 Å². The fraction of sp³-hybridized carbons (Fsp3) is 0.833. The number of rotatable bonds is 0. The summed E-state index contributed by atoms with van der Waals surface area (Å²) >= 11 is 25.9. The van der Waals surface area contributed by atoms with Crippen molar-refractivity contribution >= 4 is 46.4 Å². The number of aliphatic hydroxyl groups is 2. The van der Waals surface area contributed by atoms with Gasteiger partial charge in [-0.25, -0.2) is 0 Å². The molecule has 2 nitrogen and oxygen atoms in total. The van der Waals surface area contributed by atoms with Crippen molar-refractivity contribution in [3.05, 3.63) is 10.1 Å². The van der Waals surface area contributed by atoms with Crippen molar-refractivity contribution in [1.82, 2.24) is 0 Å². The standard InChI is InChI=1S/C12H12Cl4O2/c13-9-10(14)12(16)2-11(9,15)5-3-1-4(6(5)12)8(18)7(3)17/h3-8,17-18H,1-2H2/t3-,4-,5-,6+,7+,8-,11-,12-/m1/s1. The summed E-state index contributed by atoms with van der Waals surface area (Å²) in [4.78, 5) is -1.49. The van der Waals surface area contributed by atoms with E-state index in [0.717, 1.165) is 6.42 Å². The summed E-state index contributed by atoms with van der Waals surface area (Å²) in [5, 5.41) is 21.0. The number of aliphatic hydroxyl groups excluding tert-OH is 2. The summed E-state index contributed by atoms with van der Waals surface area (Å²) in [7, 11) is 0. The Morgan fingerprint density at radius 1 is 0.889 bits per heavy atom. The molecule has 0 amide bonds. The molecular formula is C12H12Cl4O2. The smallest absolute Gasteiger partial charge is 0.0868 e. The Balaban J connectivity index is 1.89. The van der Waals surface area contributed by atoms with Gasteiger partial charge in [-0.3, -0.25) is 0 Å². The van der Waals surface area contributed by atoms with Gasteiger partial charge in [-0.15, -0.1) is 23.2 Å². The molecule has 0 spiro atoms. The molecule has 18 heavy (non-hydrogen) atoms. The van der Waals surface area contributed by atoms with Gasteiger partial charge in [-0.05, 0) is 36.5 Å². The Morgan fingerprint density at radius 2 is 1.28 bits per heavy atom. The van der Waals surface area contributed by atoms with Gasteiger partial charge in [0.1, 0.15) is 0 Å². The van der Waals surface area contributed by atoms with Crippen LogP contribution in [0.4, 0.5) is 0 Å². The van der Waals surface area contributed by atoms with Crippen LogP contribution in [-0.4, -0.2) is 32.2 Å². The minimum Gasteiger partial charge on any atom is -0.390 e. The van der Waals surface area contributed by atoms with E-state index in [1.54, 1.807) is 0 Å². The molecule has 0 aliphatic heterocycles. The van der Waals surface area contributed by atoms with Crippen molar-refractivity contribution in [1.29, 1.82) is 0 Å². The highest BCUT2D eigenvalue weighted by atomic mass is 35.5. The molecule has 8 atom stereocenters. The van der Waals surface area contributed by atoms with Crippen LogP contribution >= 0.6 is 46.4 Å². The minimum absolute atomic E-state index is 0.0216. The van der Waals surface area contributed by atoms with Crippen molar-refractivity contribution in [2.45, 2.75) is 34.8 Å². The molecule has 0 aromatic carbocycles. The molecule has 4 aliphatic carbocycles. The Kier molecular flexibility index (Phi) is 2.33. The summed E-state index contributed by atoms with van der Waals surface area (Å²) in [5.74, 6) is 0.00316. The monoisotopic (exact) mass is 328 g/mol. The molecule has 0 aromatic heterocycles. The highest BCUT2D eigenvalue weighted by Gasteiger charge is 2.77. The number of alkyl halides is 2. The first kappa shape index (κ1) is 12.6. The van der Waals surface area contributed by atoms with Crippen molar-refractivity contribution in [3.8, 4) is 0 Å². The summed E-state index contributed by atoms with van der Waals surface area (Å²) in [5.41, 5.74) is 0. The molecule has 6 heteroatoms. The molecule has 4 aliphatic rings. The molecule has 4 bridgehead atoms. The number of hydrogen-bond acceptors (Lipinski definition) is 2. The fourth-order valence-electron chi connectivity index (χ4n) is 5.02. The van der Waals surface area contributed by atoms with E-state index in [-0.39, 0.29) is 23.7 Å². The van der Waals surface area contributed by atoms with Gasteiger partial charge >= 0.3 is 0 Å². The van der Waals surface area contributed by atoms with Gasteiger partial charge in [0.05, 0.1) is 32.0 Å². The summed E-state index contributed by atoms with van der Waals surface area (Å²) in [6.07, 6.45) is -0.165. The van der Waals surface area contributed by atoms with E-state index in [0.29, 0.717) is 16.5 Å². The zero-order valence-corrected chi connectivity index (χ0v) is 12.3. The van der Waals surface area contributed by atoms with Crippen LogP contribution in [0.5, 0.6) is 0 Å². The molecule has 0 aromatic rings. The molecule has 4 rings (SSSR count). The summed E-state index contributed by atoms with van der Waals surface area (Å²) in [6, 6.07) is 0. The lowest BCUT2D eigenvalue weighted by atomic mass is 9.70. The number of allylic oxidation sites excluding steroid dienone is 2. The Labute approximate surface area is 125 Å². The maximum atomic E-state index is 10.1. The van der Waals surface area contributed by atoms with Crippen molar-refractivity contribution in [2.75, 3.05) is 0 Å². The third-order valence-corrected chi connectivity index (χ3v) is 8.07. The van der Waals surface area contributed by atoms with Gasteiger partial charge in [0.2, 0.25) is 0 Å². The van der Waals surface area contributed by atoms with Gasteiger partial charge in [-0.1, -0.05) is 23.2 Å². The van der Waals surface area contributed by atoms with E-state index in [2.05, 4.69) is 0 Å². The molecule has 0 heterocycles. The highest BCUT2D eigenvalue weighted by Crippen LogP contribution is 2.76. The maximum absolute atomic E-state index is 10.1. The molecule has 3 fully saturated rings. The Hall–Kier alpha value is 0.820. The number of hydrogen-bond donors (Lipinski definition) is 2. The number of halogens is 4. The molecule has 0 unspecified atom stereocenters. The maximum Gasteiger partial charge on any atom is 0.0868 e. The molecule has 0 saturated heterocycles. The first-order valence-corrected chi connectivity index (χ1v) is 7.64. The molecule has 3 saturated carbocycles. The Morgan fingerprint density at radius 3 is 1.67 bits per heavy atom. The first-order chi connectivity index (χ1) is 8.32. The van der Waals surface area contributed by atoms with Crippen LogP contribution < -0.4 is 0 Å². The number of fused-ring (bicyclic) bond motifs is 9. The van der Waals surface area contributed by atoms with Crippen LogP contribution in [0.3, 0.4) is 0 Å². The molecular weight excluding hydrogens is 318 g/mol. The topological polar surface area (TPSA) is 40.5 Å². The van der Waals surface area contributed by atoms with Crippen LogP contribution in [0.15, 0.2) is 10.1 Å². The van der Waals surface area contributed by atoms with E-state index in [1.807, 2.05) is 0 Å².